The molecule has 10 heteroatoms. The smallest absolute Gasteiger partial charge is 0.266 e. The fourth-order valence-electron chi connectivity index (χ4n) is 3.33. The summed E-state index contributed by atoms with van der Waals surface area (Å²) in [5.41, 5.74) is 0.682. The zero-order valence-electron chi connectivity index (χ0n) is 16.7. The number of benzene rings is 1. The molecule has 1 fully saturated rings. The van der Waals surface area contributed by atoms with Gasteiger partial charge in [-0.05, 0) is 43.3 Å². The van der Waals surface area contributed by atoms with Crippen LogP contribution >= 0.6 is 11.3 Å². The summed E-state index contributed by atoms with van der Waals surface area (Å²) in [7, 11) is -2.07. The summed E-state index contributed by atoms with van der Waals surface area (Å²) in [5, 5.41) is 0.738. The van der Waals surface area contributed by atoms with E-state index >= 15 is 0 Å². The predicted molar refractivity (Wildman–Crippen MR) is 114 cm³/mol. The third-order valence-corrected chi connectivity index (χ3v) is 8.10. The van der Waals surface area contributed by atoms with Crippen molar-refractivity contribution in [3.63, 3.8) is 0 Å². The maximum atomic E-state index is 13.0. The van der Waals surface area contributed by atoms with Crippen molar-refractivity contribution in [1.29, 1.82) is 0 Å². The number of hydrogen-bond acceptors (Lipinski definition) is 6. The molecular weight excluding hydrogens is 424 g/mol. The van der Waals surface area contributed by atoms with Crippen molar-refractivity contribution in [2.24, 2.45) is 0 Å². The molecule has 158 valence electrons. The fourth-order valence-corrected chi connectivity index (χ4v) is 5.75. The van der Waals surface area contributed by atoms with E-state index in [1.54, 1.807) is 17.0 Å². The molecule has 1 aromatic carbocycles. The van der Waals surface area contributed by atoms with Gasteiger partial charge in [-0.15, -0.1) is 0 Å². The number of piperazine rings is 1. The van der Waals surface area contributed by atoms with Crippen molar-refractivity contribution in [3.05, 3.63) is 59.4 Å². The lowest BCUT2D eigenvalue weighted by atomic mass is 10.3. The summed E-state index contributed by atoms with van der Waals surface area (Å²) in [4.78, 5) is 20.0. The van der Waals surface area contributed by atoms with Crippen LogP contribution in [0.2, 0.25) is 0 Å². The fraction of sp³-hybridized carbons (Fsp3) is 0.300. The van der Waals surface area contributed by atoms with Gasteiger partial charge in [0.2, 0.25) is 10.0 Å². The molecule has 1 aliphatic rings. The second kappa shape index (κ2) is 8.21. The molecule has 1 amide bonds. The minimum atomic E-state index is -3.61. The number of nitrogens with zero attached hydrogens (tertiary/aromatic N) is 4. The molecule has 0 unspecified atom stereocenters. The lowest BCUT2D eigenvalue weighted by Crippen LogP contribution is -2.50. The second-order valence-corrected chi connectivity index (χ2v) is 9.79. The van der Waals surface area contributed by atoms with Gasteiger partial charge in [-0.25, -0.2) is 13.4 Å². The Hall–Kier alpha value is -2.69. The Morgan fingerprint density at radius 3 is 2.30 bits per heavy atom. The minimum absolute atomic E-state index is 0.107. The normalized spacial score (nSPS) is 15.3. The molecule has 1 saturated heterocycles. The van der Waals surface area contributed by atoms with Gasteiger partial charge in [-0.2, -0.15) is 4.31 Å². The first kappa shape index (κ1) is 20.6. The first-order valence-corrected chi connectivity index (χ1v) is 11.7. The molecule has 30 heavy (non-hydrogen) atoms. The number of thiazole rings is 1. The van der Waals surface area contributed by atoms with Crippen LogP contribution in [-0.2, 0) is 10.0 Å². The standard InChI is InChI=1S/C20H22N4O4S2/c1-15-18(29-20(21-15)23-9-3-4-10-23)19(25)22-11-13-24(14-12-22)30(26,27)17-7-5-16(28-2)6-8-17/h3-10H,11-14H2,1-2H3. The monoisotopic (exact) mass is 446 g/mol. The van der Waals surface area contributed by atoms with E-state index in [0.717, 1.165) is 5.13 Å². The number of sulfonamides is 1. The van der Waals surface area contributed by atoms with Gasteiger partial charge >= 0.3 is 0 Å². The average molecular weight is 447 g/mol. The Labute approximate surface area is 179 Å². The van der Waals surface area contributed by atoms with E-state index in [-0.39, 0.29) is 23.9 Å². The van der Waals surface area contributed by atoms with Crippen molar-refractivity contribution in [2.75, 3.05) is 33.3 Å². The Balaban J connectivity index is 1.44. The molecular formula is C20H22N4O4S2. The largest absolute Gasteiger partial charge is 0.497 e. The van der Waals surface area contributed by atoms with Gasteiger partial charge in [-0.1, -0.05) is 11.3 Å². The summed E-state index contributed by atoms with van der Waals surface area (Å²) in [6.07, 6.45) is 3.77. The maximum absolute atomic E-state index is 13.0. The van der Waals surface area contributed by atoms with Crippen LogP contribution in [0.3, 0.4) is 0 Å². The van der Waals surface area contributed by atoms with Crippen molar-refractivity contribution >= 4 is 27.3 Å². The van der Waals surface area contributed by atoms with Gasteiger partial charge in [0, 0.05) is 38.6 Å². The van der Waals surface area contributed by atoms with Crippen molar-refractivity contribution < 1.29 is 17.9 Å². The Morgan fingerprint density at radius 2 is 1.70 bits per heavy atom. The maximum Gasteiger partial charge on any atom is 0.266 e. The van der Waals surface area contributed by atoms with E-state index < -0.39 is 10.0 Å². The molecule has 1 aliphatic heterocycles. The van der Waals surface area contributed by atoms with Crippen molar-refractivity contribution in [2.45, 2.75) is 11.8 Å². The molecule has 2 aromatic heterocycles. The molecule has 0 spiro atoms. The van der Waals surface area contributed by atoms with E-state index in [1.807, 2.05) is 36.0 Å². The zero-order valence-corrected chi connectivity index (χ0v) is 18.3. The minimum Gasteiger partial charge on any atom is -0.497 e. The van der Waals surface area contributed by atoms with Gasteiger partial charge in [0.05, 0.1) is 17.7 Å². The quantitative estimate of drug-likeness (QED) is 0.601. The Morgan fingerprint density at radius 1 is 1.07 bits per heavy atom. The summed E-state index contributed by atoms with van der Waals surface area (Å²) in [6.45, 7) is 3.00. The number of rotatable bonds is 5. The molecule has 3 aromatic rings. The molecule has 4 rings (SSSR count). The number of methoxy groups -OCH3 is 1. The van der Waals surface area contributed by atoms with Crippen LogP contribution in [0.15, 0.2) is 53.7 Å². The van der Waals surface area contributed by atoms with Gasteiger partial charge in [0.15, 0.2) is 5.13 Å². The lowest BCUT2D eigenvalue weighted by molar-refractivity contribution is 0.0702. The predicted octanol–water partition coefficient (Wildman–Crippen LogP) is 2.40. The highest BCUT2D eigenvalue weighted by Gasteiger charge is 2.31. The number of amides is 1. The van der Waals surface area contributed by atoms with Crippen LogP contribution in [0.1, 0.15) is 15.4 Å². The molecule has 0 N–H and O–H groups in total. The Bertz CT molecular complexity index is 1130. The first-order chi connectivity index (χ1) is 14.4. The highest BCUT2D eigenvalue weighted by Crippen LogP contribution is 2.25. The highest BCUT2D eigenvalue weighted by atomic mass is 32.2. The average Bonchev–Trinajstić information content (AvgIpc) is 3.43. The number of ether oxygens (including phenoxy) is 1. The zero-order chi connectivity index (χ0) is 21.3. The van der Waals surface area contributed by atoms with E-state index in [9.17, 15) is 13.2 Å². The highest BCUT2D eigenvalue weighted by molar-refractivity contribution is 7.89. The van der Waals surface area contributed by atoms with Crippen LogP contribution in [0.4, 0.5) is 0 Å². The van der Waals surface area contributed by atoms with Crippen molar-refractivity contribution in [1.82, 2.24) is 18.8 Å². The molecule has 3 heterocycles. The number of carbonyl (C=O) groups excluding carboxylic acids is 1. The van der Waals surface area contributed by atoms with Crippen LogP contribution in [0, 0.1) is 6.92 Å². The topological polar surface area (TPSA) is 84.7 Å². The van der Waals surface area contributed by atoms with E-state index in [1.165, 1.54) is 34.9 Å². The lowest BCUT2D eigenvalue weighted by Gasteiger charge is -2.33. The third-order valence-electron chi connectivity index (χ3n) is 5.03. The molecule has 8 nitrogen and oxygen atoms in total. The summed E-state index contributed by atoms with van der Waals surface area (Å²) >= 11 is 1.34. The number of aromatic nitrogens is 2. The molecule has 0 saturated carbocycles. The van der Waals surface area contributed by atoms with Crippen LogP contribution in [0.5, 0.6) is 5.75 Å². The van der Waals surface area contributed by atoms with Crippen LogP contribution < -0.4 is 4.74 Å². The number of aryl methyl sites for hydroxylation is 1. The van der Waals surface area contributed by atoms with Gasteiger partial charge in [0.1, 0.15) is 10.6 Å². The van der Waals surface area contributed by atoms with Crippen LogP contribution in [0.25, 0.3) is 5.13 Å². The van der Waals surface area contributed by atoms with Gasteiger partial charge in [-0.3, -0.25) is 4.79 Å². The summed E-state index contributed by atoms with van der Waals surface area (Å²) in [6, 6.07) is 10.1. The molecule has 0 atom stereocenters. The number of hydrogen-bond donors (Lipinski definition) is 0. The van der Waals surface area contributed by atoms with Gasteiger partial charge < -0.3 is 14.2 Å². The van der Waals surface area contributed by atoms with Crippen LogP contribution in [-0.4, -0.2) is 66.4 Å². The third kappa shape index (κ3) is 3.85. The first-order valence-electron chi connectivity index (χ1n) is 9.44. The second-order valence-electron chi connectivity index (χ2n) is 6.87. The van der Waals surface area contributed by atoms with E-state index in [0.29, 0.717) is 29.4 Å². The van der Waals surface area contributed by atoms with E-state index in [4.69, 9.17) is 4.74 Å². The number of carbonyl (C=O) groups is 1. The molecule has 0 radical (unpaired) electrons. The van der Waals surface area contributed by atoms with E-state index in [2.05, 4.69) is 4.98 Å². The summed E-state index contributed by atoms with van der Waals surface area (Å²) in [5.74, 6) is 0.494. The molecule has 0 bridgehead atoms. The molecule has 0 aliphatic carbocycles. The Kier molecular flexibility index (Phi) is 5.63. The van der Waals surface area contributed by atoms with Gasteiger partial charge in [0.25, 0.3) is 5.91 Å². The SMILES string of the molecule is COc1ccc(S(=O)(=O)N2CCN(C(=O)c3sc(-n4cccc4)nc3C)CC2)cc1. The van der Waals surface area contributed by atoms with Crippen molar-refractivity contribution in [3.8, 4) is 10.9 Å². The summed E-state index contributed by atoms with van der Waals surface area (Å²) < 4.78 is 34.2.